The van der Waals surface area contributed by atoms with Crippen LogP contribution in [0, 0.1) is 5.82 Å². The zero-order valence-electron chi connectivity index (χ0n) is 22.4. The summed E-state index contributed by atoms with van der Waals surface area (Å²) in [6.45, 7) is 2.77. The molecule has 0 aliphatic carbocycles. The van der Waals surface area contributed by atoms with Gasteiger partial charge in [0, 0.05) is 19.5 Å². The quantitative estimate of drug-likeness (QED) is 0.235. The van der Waals surface area contributed by atoms with E-state index in [1.165, 1.54) is 41.8 Å². The molecule has 220 valence electrons. The van der Waals surface area contributed by atoms with E-state index >= 15 is 0 Å². The molecule has 2 saturated heterocycles. The Kier molecular flexibility index (Phi) is 9.69. The Hall–Kier alpha value is -3.78. The predicted octanol–water partition coefficient (Wildman–Crippen LogP) is -1.08. The molecule has 2 aliphatic rings. The summed E-state index contributed by atoms with van der Waals surface area (Å²) in [5, 5.41) is 22.5. The van der Waals surface area contributed by atoms with Crippen LogP contribution in [0.5, 0.6) is 0 Å². The fraction of sp³-hybridized carbons (Fsp3) is 0.577. The van der Waals surface area contributed by atoms with Gasteiger partial charge < -0.3 is 41.5 Å². The third kappa shape index (κ3) is 6.50. The van der Waals surface area contributed by atoms with Crippen molar-refractivity contribution in [2.24, 2.45) is 11.5 Å². The van der Waals surface area contributed by atoms with Crippen molar-refractivity contribution in [3.8, 4) is 0 Å². The number of amides is 5. The number of hydrogen-bond donors (Lipinski definition) is 5. The number of halogens is 1. The number of nitrogens with zero attached hydrogens (tertiary/aromatic N) is 2. The highest BCUT2D eigenvalue weighted by Crippen LogP contribution is 2.36. The first-order chi connectivity index (χ1) is 18.8. The minimum absolute atomic E-state index is 0.116. The van der Waals surface area contributed by atoms with Crippen molar-refractivity contribution < 1.29 is 43.3 Å². The highest BCUT2D eigenvalue weighted by molar-refractivity contribution is 5.98. The standard InChI is InChI=1S/C26H36FN5O8/c1-14(33)19(21(28)35)30-24(38)26(13-16-6-3-7-17(27)12-16)9-5-11-32(26)22(36)18-8-4-10-31(18)23(37)20(15(2)34)40-25(29)39/h3,6-7,12,14-15,18-20,33-34H,4-5,8-11,13H2,1-2H3,(H2,28,35)(H2,29,39)(H,30,38)/t14-,15-,18+,19+,20+,26?/m1/s1. The first-order valence-electron chi connectivity index (χ1n) is 13.1. The SMILES string of the molecule is C[C@@H](O)[C@H](NC(=O)C1(Cc2cccc(F)c2)CCCN1C(=O)[C@@H]1CCCN1C(=O)[C@@H](OC(N)=O)[C@@H](C)O)C(N)=O. The van der Waals surface area contributed by atoms with Gasteiger partial charge in [0.05, 0.1) is 12.2 Å². The summed E-state index contributed by atoms with van der Waals surface area (Å²) in [5.74, 6) is -3.68. The molecule has 0 aromatic heterocycles. The van der Waals surface area contributed by atoms with Crippen molar-refractivity contribution in [1.29, 1.82) is 0 Å². The number of carbonyl (C=O) groups excluding carboxylic acids is 5. The molecule has 2 heterocycles. The van der Waals surface area contributed by atoms with Crippen molar-refractivity contribution >= 4 is 29.7 Å². The van der Waals surface area contributed by atoms with Gasteiger partial charge in [-0.15, -0.1) is 0 Å². The van der Waals surface area contributed by atoms with E-state index in [2.05, 4.69) is 5.32 Å². The molecule has 2 aliphatic heterocycles. The van der Waals surface area contributed by atoms with Crippen molar-refractivity contribution in [1.82, 2.24) is 15.1 Å². The Labute approximate surface area is 230 Å². The number of benzene rings is 1. The third-order valence-corrected chi connectivity index (χ3v) is 7.38. The highest BCUT2D eigenvalue weighted by Gasteiger charge is 2.53. The van der Waals surface area contributed by atoms with Gasteiger partial charge in [-0.2, -0.15) is 0 Å². The van der Waals surface area contributed by atoms with Gasteiger partial charge in [-0.1, -0.05) is 12.1 Å². The smallest absolute Gasteiger partial charge is 0.405 e. The number of nitrogens with two attached hydrogens (primary N) is 2. The number of aliphatic hydroxyl groups is 2. The molecule has 3 rings (SSSR count). The van der Waals surface area contributed by atoms with Crippen LogP contribution in [0.4, 0.5) is 9.18 Å². The van der Waals surface area contributed by atoms with Gasteiger partial charge in [-0.3, -0.25) is 19.2 Å². The molecule has 2 fully saturated rings. The van der Waals surface area contributed by atoms with Crippen LogP contribution in [0.3, 0.4) is 0 Å². The number of likely N-dealkylation sites (tertiary alicyclic amines) is 2. The maximum atomic E-state index is 14.1. The lowest BCUT2D eigenvalue weighted by atomic mass is 9.86. The van der Waals surface area contributed by atoms with Crippen LogP contribution in [0.1, 0.15) is 45.1 Å². The number of ether oxygens (including phenoxy) is 1. The van der Waals surface area contributed by atoms with Crippen molar-refractivity contribution in [3.05, 3.63) is 35.6 Å². The van der Waals surface area contributed by atoms with Gasteiger partial charge in [0.15, 0.2) is 0 Å². The number of hydrogen-bond acceptors (Lipinski definition) is 8. The second-order valence-corrected chi connectivity index (χ2v) is 10.3. The summed E-state index contributed by atoms with van der Waals surface area (Å²) in [6.07, 6.45) is -4.57. The van der Waals surface area contributed by atoms with Crippen molar-refractivity contribution in [2.75, 3.05) is 13.1 Å². The fourth-order valence-corrected chi connectivity index (χ4v) is 5.50. The molecule has 0 radical (unpaired) electrons. The Balaban J connectivity index is 1.98. The topological polar surface area (TPSA) is 206 Å². The molecule has 1 unspecified atom stereocenters. The maximum Gasteiger partial charge on any atom is 0.405 e. The van der Waals surface area contributed by atoms with Crippen LogP contribution < -0.4 is 16.8 Å². The lowest BCUT2D eigenvalue weighted by Gasteiger charge is -2.41. The molecule has 1 aromatic rings. The number of rotatable bonds is 10. The van der Waals surface area contributed by atoms with Crippen molar-refractivity contribution in [3.63, 3.8) is 0 Å². The Morgan fingerprint density at radius 2 is 1.82 bits per heavy atom. The van der Waals surface area contributed by atoms with Crippen molar-refractivity contribution in [2.45, 2.75) is 81.9 Å². The van der Waals surface area contributed by atoms with Crippen LogP contribution >= 0.6 is 0 Å². The Morgan fingerprint density at radius 3 is 2.40 bits per heavy atom. The average Bonchev–Trinajstić information content (AvgIpc) is 3.52. The summed E-state index contributed by atoms with van der Waals surface area (Å²) in [5.41, 5.74) is 9.25. The zero-order valence-corrected chi connectivity index (χ0v) is 22.4. The highest BCUT2D eigenvalue weighted by atomic mass is 19.1. The normalized spacial score (nSPS) is 23.7. The molecule has 1 aromatic carbocycles. The number of carbonyl (C=O) groups is 5. The van der Waals surface area contributed by atoms with Crippen LogP contribution in [-0.4, -0.2) is 98.8 Å². The van der Waals surface area contributed by atoms with E-state index in [4.69, 9.17) is 16.2 Å². The lowest BCUT2D eigenvalue weighted by Crippen LogP contribution is -2.65. The third-order valence-electron chi connectivity index (χ3n) is 7.38. The molecule has 6 atom stereocenters. The largest absolute Gasteiger partial charge is 0.433 e. The minimum atomic E-state index is -1.63. The van der Waals surface area contributed by atoms with Gasteiger partial charge in [0.1, 0.15) is 23.4 Å². The van der Waals surface area contributed by atoms with Crippen LogP contribution in [0.25, 0.3) is 0 Å². The van der Waals surface area contributed by atoms with Crippen LogP contribution in [0.2, 0.25) is 0 Å². The van der Waals surface area contributed by atoms with Gasteiger partial charge in [0.2, 0.25) is 23.8 Å². The van der Waals surface area contributed by atoms with E-state index in [1.54, 1.807) is 6.07 Å². The lowest BCUT2D eigenvalue weighted by molar-refractivity contribution is -0.156. The second kappa shape index (κ2) is 12.6. The number of primary amides is 2. The fourth-order valence-electron chi connectivity index (χ4n) is 5.50. The first-order valence-corrected chi connectivity index (χ1v) is 13.1. The van der Waals surface area contributed by atoms with E-state index in [0.29, 0.717) is 18.4 Å². The summed E-state index contributed by atoms with van der Waals surface area (Å²) >= 11 is 0. The van der Waals surface area contributed by atoms with Gasteiger partial charge in [0.25, 0.3) is 5.91 Å². The summed E-state index contributed by atoms with van der Waals surface area (Å²) in [4.78, 5) is 66.9. The van der Waals surface area contributed by atoms with Crippen LogP contribution in [-0.2, 0) is 30.3 Å². The van der Waals surface area contributed by atoms with E-state index in [-0.39, 0.29) is 32.4 Å². The van der Waals surface area contributed by atoms with Gasteiger partial charge >= 0.3 is 6.09 Å². The monoisotopic (exact) mass is 565 g/mol. The minimum Gasteiger partial charge on any atom is -0.433 e. The maximum absolute atomic E-state index is 14.1. The molecule has 13 nitrogen and oxygen atoms in total. The van der Waals surface area contributed by atoms with E-state index in [9.17, 15) is 38.6 Å². The van der Waals surface area contributed by atoms with Crippen LogP contribution in [0.15, 0.2) is 24.3 Å². The second-order valence-electron chi connectivity index (χ2n) is 10.3. The van der Waals surface area contributed by atoms with E-state index < -0.39 is 71.5 Å². The summed E-state index contributed by atoms with van der Waals surface area (Å²) < 4.78 is 18.9. The number of nitrogens with one attached hydrogen (secondary N) is 1. The molecule has 0 saturated carbocycles. The van der Waals surface area contributed by atoms with Gasteiger partial charge in [-0.25, -0.2) is 9.18 Å². The molecule has 14 heteroatoms. The zero-order chi connectivity index (χ0) is 29.8. The molecule has 5 amide bonds. The van der Waals surface area contributed by atoms with E-state index in [0.717, 1.165) is 0 Å². The summed E-state index contributed by atoms with van der Waals surface area (Å²) in [6, 6.07) is 3.03. The molecule has 0 spiro atoms. The number of aliphatic hydroxyl groups excluding tert-OH is 2. The molecule has 40 heavy (non-hydrogen) atoms. The predicted molar refractivity (Wildman–Crippen MR) is 137 cm³/mol. The first kappa shape index (κ1) is 30.8. The summed E-state index contributed by atoms with van der Waals surface area (Å²) in [7, 11) is 0. The average molecular weight is 566 g/mol. The van der Waals surface area contributed by atoms with E-state index in [1.807, 2.05) is 0 Å². The molecule has 0 bridgehead atoms. The molecule has 7 N–H and O–H groups in total. The van der Waals surface area contributed by atoms with Gasteiger partial charge in [-0.05, 0) is 57.2 Å². The Bertz CT molecular complexity index is 1150. The Morgan fingerprint density at radius 1 is 1.12 bits per heavy atom. The molecular formula is C26H36FN5O8. The molecular weight excluding hydrogens is 529 g/mol.